The maximum absolute atomic E-state index is 6.66. The van der Waals surface area contributed by atoms with E-state index in [1.807, 2.05) is 109 Å². The SMILES string of the molecule is c1ccc(-c2ccc(-c3cc(-c4cccc5c4oc4ccc(-c6nc(-c7ccccc7)nc(-c7ccccc7)n6)cc45)nc(-c4ccccc4)n3)cc2)cc1. The van der Waals surface area contributed by atoms with E-state index in [1.54, 1.807) is 0 Å². The van der Waals surface area contributed by atoms with Crippen molar-refractivity contribution in [2.45, 2.75) is 0 Å². The molecule has 3 aromatic heterocycles. The molecule has 0 bridgehead atoms. The summed E-state index contributed by atoms with van der Waals surface area (Å²) in [5.41, 5.74) is 11.0. The van der Waals surface area contributed by atoms with Gasteiger partial charge >= 0.3 is 0 Å². The number of aromatic nitrogens is 5. The summed E-state index contributed by atoms with van der Waals surface area (Å²) >= 11 is 0. The third-order valence-electron chi connectivity index (χ3n) is 9.78. The van der Waals surface area contributed by atoms with Crippen molar-refractivity contribution in [3.05, 3.63) is 188 Å². The Bertz CT molecular complexity index is 2890. The molecule has 0 radical (unpaired) electrons. The van der Waals surface area contributed by atoms with Crippen LogP contribution < -0.4 is 0 Å². The topological polar surface area (TPSA) is 77.6 Å². The molecule has 0 saturated heterocycles. The summed E-state index contributed by atoms with van der Waals surface area (Å²) < 4.78 is 6.66. The molecule has 0 unspecified atom stereocenters. The monoisotopic (exact) mass is 705 g/mol. The number of rotatable bonds is 7. The Balaban J connectivity index is 1.10. The van der Waals surface area contributed by atoms with E-state index in [2.05, 4.69) is 78.9 Å². The van der Waals surface area contributed by atoms with Crippen molar-refractivity contribution < 1.29 is 4.42 Å². The molecule has 0 atom stereocenters. The molecule has 0 aliphatic rings. The summed E-state index contributed by atoms with van der Waals surface area (Å²) in [5.74, 6) is 2.47. The van der Waals surface area contributed by atoms with Crippen LogP contribution in [0.4, 0.5) is 0 Å². The summed E-state index contributed by atoms with van der Waals surface area (Å²) in [6.07, 6.45) is 0. The van der Waals surface area contributed by atoms with Gasteiger partial charge in [0.05, 0.1) is 11.4 Å². The van der Waals surface area contributed by atoms with Crippen molar-refractivity contribution in [2.75, 3.05) is 0 Å². The van der Waals surface area contributed by atoms with Crippen molar-refractivity contribution in [3.63, 3.8) is 0 Å². The van der Waals surface area contributed by atoms with Gasteiger partial charge in [-0.1, -0.05) is 158 Å². The number of para-hydroxylation sites is 1. The molecule has 10 rings (SSSR count). The average Bonchev–Trinajstić information content (AvgIpc) is 3.66. The first kappa shape index (κ1) is 32.1. The molecule has 3 heterocycles. The van der Waals surface area contributed by atoms with Crippen LogP contribution in [0.2, 0.25) is 0 Å². The van der Waals surface area contributed by atoms with Crippen LogP contribution in [0, 0.1) is 0 Å². The van der Waals surface area contributed by atoms with Gasteiger partial charge in [0.2, 0.25) is 0 Å². The largest absolute Gasteiger partial charge is 0.455 e. The Labute approximate surface area is 317 Å². The van der Waals surface area contributed by atoms with Gasteiger partial charge < -0.3 is 4.42 Å². The van der Waals surface area contributed by atoms with Crippen LogP contribution in [-0.2, 0) is 0 Å². The van der Waals surface area contributed by atoms with Crippen molar-refractivity contribution in [3.8, 4) is 79.2 Å². The molecule has 258 valence electrons. The molecule has 0 N–H and O–H groups in total. The standard InChI is InChI=1S/C49H31N5O/c1-5-14-32(15-6-1)33-24-26-34(27-25-33)42-31-43(51-46(50-42)35-16-7-2-8-17-35)40-23-13-22-39-41-30-38(28-29-44(41)55-45(39)40)49-53-47(36-18-9-3-10-19-36)52-48(54-49)37-20-11-4-12-21-37/h1-31H. The fourth-order valence-electron chi connectivity index (χ4n) is 6.99. The highest BCUT2D eigenvalue weighted by Gasteiger charge is 2.18. The van der Waals surface area contributed by atoms with Crippen molar-refractivity contribution in [2.24, 2.45) is 0 Å². The van der Waals surface area contributed by atoms with E-state index in [1.165, 1.54) is 5.56 Å². The fourth-order valence-corrected chi connectivity index (χ4v) is 6.99. The normalized spacial score (nSPS) is 11.3. The molecule has 0 fully saturated rings. The van der Waals surface area contributed by atoms with Crippen LogP contribution in [0.1, 0.15) is 0 Å². The lowest BCUT2D eigenvalue weighted by Crippen LogP contribution is -2.00. The molecule has 10 aromatic rings. The summed E-state index contributed by atoms with van der Waals surface area (Å²) in [6, 6.07) is 63.4. The summed E-state index contributed by atoms with van der Waals surface area (Å²) in [6.45, 7) is 0. The first-order valence-corrected chi connectivity index (χ1v) is 18.2. The second-order valence-corrected chi connectivity index (χ2v) is 13.3. The molecule has 7 aromatic carbocycles. The van der Waals surface area contributed by atoms with E-state index in [0.717, 1.165) is 72.3 Å². The van der Waals surface area contributed by atoms with E-state index in [0.29, 0.717) is 23.3 Å². The van der Waals surface area contributed by atoms with Gasteiger partial charge in [-0.3, -0.25) is 0 Å². The molecule has 55 heavy (non-hydrogen) atoms. The van der Waals surface area contributed by atoms with E-state index in [4.69, 9.17) is 29.3 Å². The Hall–Kier alpha value is -7.57. The number of hydrogen-bond donors (Lipinski definition) is 0. The van der Waals surface area contributed by atoms with Gasteiger partial charge in [0.1, 0.15) is 11.2 Å². The zero-order valence-electron chi connectivity index (χ0n) is 29.5. The quantitative estimate of drug-likeness (QED) is 0.164. The minimum absolute atomic E-state index is 0.589. The smallest absolute Gasteiger partial charge is 0.164 e. The Morgan fingerprint density at radius 2 is 0.745 bits per heavy atom. The lowest BCUT2D eigenvalue weighted by Gasteiger charge is -2.10. The lowest BCUT2D eigenvalue weighted by atomic mass is 10.0. The van der Waals surface area contributed by atoms with E-state index in [-0.39, 0.29) is 0 Å². The van der Waals surface area contributed by atoms with Crippen molar-refractivity contribution in [1.29, 1.82) is 0 Å². The maximum atomic E-state index is 6.66. The van der Waals surface area contributed by atoms with Crippen LogP contribution >= 0.6 is 0 Å². The number of hydrogen-bond acceptors (Lipinski definition) is 6. The maximum Gasteiger partial charge on any atom is 0.164 e. The zero-order valence-corrected chi connectivity index (χ0v) is 29.5. The highest BCUT2D eigenvalue weighted by Crippen LogP contribution is 2.38. The van der Waals surface area contributed by atoms with Crippen molar-refractivity contribution >= 4 is 21.9 Å². The van der Waals surface area contributed by atoms with Crippen LogP contribution in [0.25, 0.3) is 101 Å². The highest BCUT2D eigenvalue weighted by atomic mass is 16.3. The molecule has 0 amide bonds. The molecular weight excluding hydrogens is 675 g/mol. The van der Waals surface area contributed by atoms with E-state index in [9.17, 15) is 0 Å². The van der Waals surface area contributed by atoms with Crippen LogP contribution in [0.15, 0.2) is 192 Å². The van der Waals surface area contributed by atoms with Gasteiger partial charge in [-0.25, -0.2) is 24.9 Å². The summed E-state index contributed by atoms with van der Waals surface area (Å²) in [7, 11) is 0. The second kappa shape index (κ2) is 13.8. The highest BCUT2D eigenvalue weighted by molar-refractivity contribution is 6.10. The average molecular weight is 706 g/mol. The Morgan fingerprint density at radius 3 is 1.33 bits per heavy atom. The van der Waals surface area contributed by atoms with Gasteiger partial charge in [0.15, 0.2) is 23.3 Å². The van der Waals surface area contributed by atoms with Gasteiger partial charge in [0, 0.05) is 44.2 Å². The van der Waals surface area contributed by atoms with Gasteiger partial charge in [0.25, 0.3) is 0 Å². The molecule has 0 spiro atoms. The summed E-state index contributed by atoms with van der Waals surface area (Å²) in [5, 5.41) is 1.94. The van der Waals surface area contributed by atoms with E-state index >= 15 is 0 Å². The van der Waals surface area contributed by atoms with Gasteiger partial charge in [-0.15, -0.1) is 0 Å². The van der Waals surface area contributed by atoms with Gasteiger partial charge in [-0.2, -0.15) is 0 Å². The first-order valence-electron chi connectivity index (χ1n) is 18.2. The number of benzene rings is 7. The lowest BCUT2D eigenvalue weighted by molar-refractivity contribution is 0.670. The Morgan fingerprint density at radius 1 is 0.291 bits per heavy atom. The van der Waals surface area contributed by atoms with Crippen molar-refractivity contribution in [1.82, 2.24) is 24.9 Å². The third-order valence-corrected chi connectivity index (χ3v) is 9.78. The van der Waals surface area contributed by atoms with E-state index < -0.39 is 0 Å². The fraction of sp³-hybridized carbons (Fsp3) is 0. The predicted molar refractivity (Wildman–Crippen MR) is 221 cm³/mol. The predicted octanol–water partition coefficient (Wildman–Crippen LogP) is 12.2. The molecule has 0 saturated carbocycles. The van der Waals surface area contributed by atoms with Crippen LogP contribution in [0.5, 0.6) is 0 Å². The minimum Gasteiger partial charge on any atom is -0.455 e. The molecule has 6 heteroatoms. The molecule has 6 nitrogen and oxygen atoms in total. The Kier molecular flexibility index (Phi) is 8.04. The number of nitrogens with zero attached hydrogens (tertiary/aromatic N) is 5. The molecule has 0 aliphatic carbocycles. The summed E-state index contributed by atoms with van der Waals surface area (Å²) in [4.78, 5) is 25.0. The van der Waals surface area contributed by atoms with Crippen LogP contribution in [-0.4, -0.2) is 24.9 Å². The molecular formula is C49H31N5O. The number of furan rings is 1. The van der Waals surface area contributed by atoms with Crippen LogP contribution in [0.3, 0.4) is 0 Å². The second-order valence-electron chi connectivity index (χ2n) is 13.3. The number of fused-ring (bicyclic) bond motifs is 3. The first-order chi connectivity index (χ1) is 27.2. The zero-order chi connectivity index (χ0) is 36.6. The van der Waals surface area contributed by atoms with Gasteiger partial charge in [-0.05, 0) is 41.5 Å². The third kappa shape index (κ3) is 6.22. The minimum atomic E-state index is 0.589. The molecule has 0 aliphatic heterocycles.